The molecular formula is C9H11NO3S. The van der Waals surface area contributed by atoms with Crippen molar-refractivity contribution in [2.75, 3.05) is 12.4 Å². The van der Waals surface area contributed by atoms with Gasteiger partial charge in [0.2, 0.25) is 0 Å². The van der Waals surface area contributed by atoms with Crippen LogP contribution in [0.5, 0.6) is 5.75 Å². The van der Waals surface area contributed by atoms with E-state index in [0.29, 0.717) is 18.1 Å². The Balaban J connectivity index is 2.97. The number of hydrogen-bond acceptors (Lipinski definition) is 4. The van der Waals surface area contributed by atoms with Crippen molar-refractivity contribution in [2.24, 2.45) is 0 Å². The third-order valence-electron chi connectivity index (χ3n) is 1.66. The van der Waals surface area contributed by atoms with Crippen LogP contribution < -0.4 is 4.74 Å². The van der Waals surface area contributed by atoms with Gasteiger partial charge >= 0.3 is 5.69 Å². The Morgan fingerprint density at radius 1 is 1.57 bits per heavy atom. The average Bonchev–Trinajstić information content (AvgIpc) is 2.14. The fraction of sp³-hybridized carbons (Fsp3) is 0.333. The maximum Gasteiger partial charge on any atom is 0.310 e. The van der Waals surface area contributed by atoms with Crippen LogP contribution in [0.1, 0.15) is 5.56 Å². The maximum absolute atomic E-state index is 10.6. The molecular weight excluding hydrogens is 202 g/mol. The molecule has 0 amide bonds. The molecule has 0 aliphatic carbocycles. The SMILES string of the molecule is Cc1ccc([N+](=O)[O-])c(OCCS)c1. The van der Waals surface area contributed by atoms with Gasteiger partial charge in [0, 0.05) is 11.8 Å². The van der Waals surface area contributed by atoms with Crippen LogP contribution in [0.2, 0.25) is 0 Å². The summed E-state index contributed by atoms with van der Waals surface area (Å²) < 4.78 is 5.21. The summed E-state index contributed by atoms with van der Waals surface area (Å²) in [6.07, 6.45) is 0. The van der Waals surface area contributed by atoms with Gasteiger partial charge in [0.15, 0.2) is 5.75 Å². The highest BCUT2D eigenvalue weighted by Gasteiger charge is 2.14. The van der Waals surface area contributed by atoms with Gasteiger partial charge in [0.1, 0.15) is 0 Å². The van der Waals surface area contributed by atoms with E-state index in [-0.39, 0.29) is 5.69 Å². The quantitative estimate of drug-likeness (QED) is 0.474. The van der Waals surface area contributed by atoms with E-state index in [1.54, 1.807) is 12.1 Å². The van der Waals surface area contributed by atoms with Crippen LogP contribution in [0, 0.1) is 17.0 Å². The standard InChI is InChI=1S/C9H11NO3S/c1-7-2-3-8(10(11)12)9(6-7)13-4-5-14/h2-3,6,14H,4-5H2,1H3. The summed E-state index contributed by atoms with van der Waals surface area (Å²) in [4.78, 5) is 10.2. The third kappa shape index (κ3) is 2.63. The zero-order valence-corrected chi connectivity index (χ0v) is 8.66. The van der Waals surface area contributed by atoms with Gasteiger partial charge in [0.25, 0.3) is 0 Å². The summed E-state index contributed by atoms with van der Waals surface area (Å²) in [6.45, 7) is 2.23. The van der Waals surface area contributed by atoms with Crippen LogP contribution in [0.15, 0.2) is 18.2 Å². The third-order valence-corrected chi connectivity index (χ3v) is 1.84. The van der Waals surface area contributed by atoms with Crippen LogP contribution in [0.4, 0.5) is 5.69 Å². The Morgan fingerprint density at radius 2 is 2.29 bits per heavy atom. The minimum atomic E-state index is -0.451. The molecule has 0 radical (unpaired) electrons. The molecule has 0 saturated heterocycles. The van der Waals surface area contributed by atoms with Gasteiger partial charge in [-0.2, -0.15) is 12.6 Å². The molecule has 1 aromatic rings. The molecule has 1 aromatic carbocycles. The number of nitro benzene ring substituents is 1. The van der Waals surface area contributed by atoms with E-state index in [4.69, 9.17) is 4.74 Å². The number of rotatable bonds is 4. The summed E-state index contributed by atoms with van der Waals surface area (Å²) >= 11 is 3.97. The molecule has 14 heavy (non-hydrogen) atoms. The molecule has 0 bridgehead atoms. The molecule has 0 aromatic heterocycles. The van der Waals surface area contributed by atoms with Gasteiger partial charge in [0.05, 0.1) is 11.5 Å². The molecule has 0 unspecified atom stereocenters. The van der Waals surface area contributed by atoms with E-state index in [1.807, 2.05) is 6.92 Å². The second kappa shape index (κ2) is 4.85. The summed E-state index contributed by atoms with van der Waals surface area (Å²) in [7, 11) is 0. The van der Waals surface area contributed by atoms with Gasteiger partial charge in [-0.15, -0.1) is 0 Å². The van der Waals surface area contributed by atoms with Gasteiger partial charge in [-0.25, -0.2) is 0 Å². The van der Waals surface area contributed by atoms with Crippen molar-refractivity contribution in [1.29, 1.82) is 0 Å². The lowest BCUT2D eigenvalue weighted by Gasteiger charge is -2.05. The average molecular weight is 213 g/mol. The van der Waals surface area contributed by atoms with Crippen molar-refractivity contribution >= 4 is 18.3 Å². The molecule has 0 fully saturated rings. The highest BCUT2D eigenvalue weighted by Crippen LogP contribution is 2.27. The number of nitro groups is 1. The molecule has 0 atom stereocenters. The predicted molar refractivity (Wildman–Crippen MR) is 57.2 cm³/mol. The van der Waals surface area contributed by atoms with Gasteiger partial charge in [-0.1, -0.05) is 6.07 Å². The summed E-state index contributed by atoms with van der Waals surface area (Å²) in [5.74, 6) is 0.842. The molecule has 1 rings (SSSR count). The summed E-state index contributed by atoms with van der Waals surface area (Å²) in [5, 5.41) is 10.6. The molecule has 0 N–H and O–H groups in total. The van der Waals surface area contributed by atoms with E-state index in [1.165, 1.54) is 6.07 Å². The van der Waals surface area contributed by atoms with Crippen LogP contribution in [0.25, 0.3) is 0 Å². The first-order chi connectivity index (χ1) is 6.65. The zero-order chi connectivity index (χ0) is 10.6. The first-order valence-electron chi connectivity index (χ1n) is 4.14. The van der Waals surface area contributed by atoms with Crippen molar-refractivity contribution in [3.63, 3.8) is 0 Å². The van der Waals surface area contributed by atoms with E-state index in [0.717, 1.165) is 5.56 Å². The Labute approximate surface area is 87.4 Å². The van der Waals surface area contributed by atoms with Crippen molar-refractivity contribution in [2.45, 2.75) is 6.92 Å². The lowest BCUT2D eigenvalue weighted by atomic mass is 10.2. The number of nitrogens with zero attached hydrogens (tertiary/aromatic N) is 1. The Morgan fingerprint density at radius 3 is 2.86 bits per heavy atom. The monoisotopic (exact) mass is 213 g/mol. The minimum absolute atomic E-state index is 0.00242. The van der Waals surface area contributed by atoms with Crippen molar-refractivity contribution in [3.8, 4) is 5.75 Å². The molecule has 0 aliphatic rings. The first-order valence-corrected chi connectivity index (χ1v) is 4.77. The molecule has 0 heterocycles. The predicted octanol–water partition coefficient (Wildman–Crippen LogP) is 2.21. The maximum atomic E-state index is 10.6. The number of ether oxygens (including phenoxy) is 1. The van der Waals surface area contributed by atoms with E-state index >= 15 is 0 Å². The van der Waals surface area contributed by atoms with Crippen LogP contribution in [-0.2, 0) is 0 Å². The normalized spacial score (nSPS) is 9.86. The molecule has 76 valence electrons. The van der Waals surface area contributed by atoms with E-state index in [2.05, 4.69) is 12.6 Å². The molecule has 4 nitrogen and oxygen atoms in total. The van der Waals surface area contributed by atoms with Crippen molar-refractivity contribution in [3.05, 3.63) is 33.9 Å². The zero-order valence-electron chi connectivity index (χ0n) is 7.77. The first kappa shape index (κ1) is 10.8. The van der Waals surface area contributed by atoms with Gasteiger partial charge in [-0.3, -0.25) is 10.1 Å². The minimum Gasteiger partial charge on any atom is -0.486 e. The van der Waals surface area contributed by atoms with Crippen LogP contribution >= 0.6 is 12.6 Å². The molecule has 0 aliphatic heterocycles. The van der Waals surface area contributed by atoms with Crippen LogP contribution in [0.3, 0.4) is 0 Å². The summed E-state index contributed by atoms with van der Waals surface area (Å²) in [6, 6.07) is 4.79. The fourth-order valence-corrected chi connectivity index (χ4v) is 1.13. The molecule has 0 saturated carbocycles. The van der Waals surface area contributed by atoms with Crippen LogP contribution in [-0.4, -0.2) is 17.3 Å². The van der Waals surface area contributed by atoms with Gasteiger partial charge < -0.3 is 4.74 Å². The second-order valence-electron chi connectivity index (χ2n) is 2.80. The van der Waals surface area contributed by atoms with Crippen molar-refractivity contribution < 1.29 is 9.66 Å². The number of benzene rings is 1. The summed E-state index contributed by atoms with van der Waals surface area (Å²) in [5.41, 5.74) is 0.933. The Kier molecular flexibility index (Phi) is 3.76. The van der Waals surface area contributed by atoms with Crippen molar-refractivity contribution in [1.82, 2.24) is 0 Å². The Bertz CT molecular complexity index is 341. The lowest BCUT2D eigenvalue weighted by Crippen LogP contribution is -2.01. The number of aryl methyl sites for hydroxylation is 1. The second-order valence-corrected chi connectivity index (χ2v) is 3.25. The highest BCUT2D eigenvalue weighted by atomic mass is 32.1. The largest absolute Gasteiger partial charge is 0.486 e. The smallest absolute Gasteiger partial charge is 0.310 e. The fourth-order valence-electron chi connectivity index (χ4n) is 1.04. The highest BCUT2D eigenvalue weighted by molar-refractivity contribution is 7.80. The lowest BCUT2D eigenvalue weighted by molar-refractivity contribution is -0.385. The Hall–Kier alpha value is -1.23. The number of thiol groups is 1. The molecule has 0 spiro atoms. The van der Waals surface area contributed by atoms with E-state index in [9.17, 15) is 10.1 Å². The topological polar surface area (TPSA) is 52.4 Å². The molecule has 5 heteroatoms. The van der Waals surface area contributed by atoms with Gasteiger partial charge in [-0.05, 0) is 18.6 Å². The van der Waals surface area contributed by atoms with E-state index < -0.39 is 4.92 Å². The number of hydrogen-bond donors (Lipinski definition) is 1.